The molecule has 26 heavy (non-hydrogen) atoms. The molecule has 0 radical (unpaired) electrons. The molecule has 0 aliphatic carbocycles. The fourth-order valence-corrected chi connectivity index (χ4v) is 4.40. The number of fused-ring (bicyclic) bond motifs is 1. The Morgan fingerprint density at radius 1 is 1.15 bits per heavy atom. The van der Waals surface area contributed by atoms with E-state index in [1.54, 1.807) is 6.07 Å². The zero-order valence-electron chi connectivity index (χ0n) is 15.2. The summed E-state index contributed by atoms with van der Waals surface area (Å²) in [6, 6.07) is 15.1. The monoisotopic (exact) mass is 352 g/mol. The van der Waals surface area contributed by atoms with Crippen molar-refractivity contribution in [2.24, 2.45) is 0 Å². The Balaban J connectivity index is 1.46. The van der Waals surface area contributed by atoms with Crippen LogP contribution in [0.1, 0.15) is 41.3 Å². The maximum Gasteiger partial charge on any atom is 0.252 e. The molecule has 2 aromatic carbocycles. The fourth-order valence-electron chi connectivity index (χ4n) is 4.40. The lowest BCUT2D eigenvalue weighted by molar-refractivity contribution is 0.0899. The third-order valence-electron chi connectivity index (χ3n) is 5.99. The van der Waals surface area contributed by atoms with Crippen molar-refractivity contribution in [1.82, 2.24) is 10.2 Å². The highest BCUT2D eigenvalue weighted by Crippen LogP contribution is 2.32. The average Bonchev–Trinajstić information content (AvgIpc) is 3.00. The molecule has 2 aliphatic rings. The van der Waals surface area contributed by atoms with Gasteiger partial charge in [-0.1, -0.05) is 36.4 Å². The topological polar surface area (TPSA) is 32.3 Å². The van der Waals surface area contributed by atoms with E-state index >= 15 is 0 Å². The predicted molar refractivity (Wildman–Crippen MR) is 101 cm³/mol. The quantitative estimate of drug-likeness (QED) is 0.916. The van der Waals surface area contributed by atoms with Crippen LogP contribution in [0, 0.1) is 5.82 Å². The van der Waals surface area contributed by atoms with Gasteiger partial charge in [0, 0.05) is 24.7 Å². The van der Waals surface area contributed by atoms with E-state index in [0.29, 0.717) is 6.42 Å². The number of nitrogens with zero attached hydrogens (tertiary/aromatic N) is 1. The van der Waals surface area contributed by atoms with E-state index in [1.807, 2.05) is 30.3 Å². The van der Waals surface area contributed by atoms with E-state index in [4.69, 9.17) is 0 Å². The van der Waals surface area contributed by atoms with Gasteiger partial charge in [0.05, 0.1) is 5.54 Å². The summed E-state index contributed by atoms with van der Waals surface area (Å²) in [7, 11) is 0. The third-order valence-corrected chi connectivity index (χ3v) is 5.99. The minimum Gasteiger partial charge on any atom is -0.345 e. The minimum atomic E-state index is -0.167. The van der Waals surface area contributed by atoms with E-state index in [2.05, 4.69) is 23.2 Å². The minimum absolute atomic E-state index is 0.0432. The van der Waals surface area contributed by atoms with Crippen molar-refractivity contribution in [2.45, 2.75) is 44.2 Å². The lowest BCUT2D eigenvalue weighted by Gasteiger charge is -2.31. The largest absolute Gasteiger partial charge is 0.345 e. The molecule has 3 nitrogen and oxygen atoms in total. The van der Waals surface area contributed by atoms with Crippen LogP contribution >= 0.6 is 0 Å². The number of hydrogen-bond donors (Lipinski definition) is 1. The van der Waals surface area contributed by atoms with E-state index in [1.165, 1.54) is 6.07 Å². The molecule has 2 aliphatic heterocycles. The summed E-state index contributed by atoms with van der Waals surface area (Å²) >= 11 is 0. The summed E-state index contributed by atoms with van der Waals surface area (Å²) < 4.78 is 14.0. The Morgan fingerprint density at radius 2 is 1.92 bits per heavy atom. The van der Waals surface area contributed by atoms with Gasteiger partial charge in [0.25, 0.3) is 5.91 Å². The van der Waals surface area contributed by atoms with E-state index < -0.39 is 0 Å². The lowest BCUT2D eigenvalue weighted by atomic mass is 9.91. The number of halogens is 1. The number of rotatable bonds is 3. The highest BCUT2D eigenvalue weighted by atomic mass is 19.1. The molecule has 1 saturated heterocycles. The molecule has 0 bridgehead atoms. The Hall–Kier alpha value is -2.20. The summed E-state index contributed by atoms with van der Waals surface area (Å²) in [5, 5.41) is 3.32. The van der Waals surface area contributed by atoms with Crippen molar-refractivity contribution in [3.63, 3.8) is 0 Å². The maximum atomic E-state index is 14.0. The van der Waals surface area contributed by atoms with Crippen molar-refractivity contribution in [1.29, 1.82) is 0 Å². The van der Waals surface area contributed by atoms with Crippen LogP contribution in [-0.4, -0.2) is 35.5 Å². The van der Waals surface area contributed by atoms with Gasteiger partial charge >= 0.3 is 0 Å². The van der Waals surface area contributed by atoms with Crippen molar-refractivity contribution in [3.8, 4) is 0 Å². The van der Waals surface area contributed by atoms with Gasteiger partial charge in [-0.25, -0.2) is 4.39 Å². The van der Waals surface area contributed by atoms with E-state index in [9.17, 15) is 9.18 Å². The van der Waals surface area contributed by atoms with Crippen LogP contribution in [0.2, 0.25) is 0 Å². The number of aryl methyl sites for hydroxylation is 1. The smallest absolute Gasteiger partial charge is 0.252 e. The number of nitrogens with one attached hydrogen (secondary N) is 1. The van der Waals surface area contributed by atoms with Crippen molar-refractivity contribution in [3.05, 3.63) is 71.0 Å². The number of amides is 1. The molecule has 2 heterocycles. The molecule has 1 fully saturated rings. The highest BCUT2D eigenvalue weighted by molar-refractivity contribution is 5.96. The Labute approximate surface area is 154 Å². The van der Waals surface area contributed by atoms with E-state index in [0.717, 1.165) is 49.0 Å². The molecule has 1 amide bonds. The molecule has 2 atom stereocenters. The molecule has 2 unspecified atom stereocenters. The van der Waals surface area contributed by atoms with Crippen LogP contribution in [0.5, 0.6) is 0 Å². The summed E-state index contributed by atoms with van der Waals surface area (Å²) in [5.74, 6) is -0.0896. The predicted octanol–water partition coefficient (Wildman–Crippen LogP) is 3.58. The number of likely N-dealkylation sites (tertiary alicyclic amines) is 1. The van der Waals surface area contributed by atoms with Gasteiger partial charge in [-0.2, -0.15) is 0 Å². The molecular formula is C22H25FN2O. The van der Waals surface area contributed by atoms with Gasteiger partial charge < -0.3 is 5.32 Å². The van der Waals surface area contributed by atoms with Crippen molar-refractivity contribution < 1.29 is 9.18 Å². The second-order valence-corrected chi connectivity index (χ2v) is 7.76. The normalized spacial score (nSPS) is 24.2. The fraction of sp³-hybridized carbons (Fsp3) is 0.409. The maximum absolute atomic E-state index is 14.0. The first-order chi connectivity index (χ1) is 12.6. The second kappa shape index (κ2) is 6.84. The number of carbonyl (C=O) groups excluding carboxylic acids is 1. The Morgan fingerprint density at radius 3 is 2.77 bits per heavy atom. The summed E-state index contributed by atoms with van der Waals surface area (Å²) in [6.45, 7) is 3.92. The zero-order chi connectivity index (χ0) is 18.1. The van der Waals surface area contributed by atoms with Gasteiger partial charge in [0.15, 0.2) is 0 Å². The molecular weight excluding hydrogens is 327 g/mol. The van der Waals surface area contributed by atoms with Crippen molar-refractivity contribution in [2.75, 3.05) is 13.1 Å². The number of carbonyl (C=O) groups is 1. The zero-order valence-corrected chi connectivity index (χ0v) is 15.2. The second-order valence-electron chi connectivity index (χ2n) is 7.76. The van der Waals surface area contributed by atoms with Gasteiger partial charge in [-0.3, -0.25) is 9.69 Å². The molecule has 2 aromatic rings. The highest BCUT2D eigenvalue weighted by Gasteiger charge is 2.42. The van der Waals surface area contributed by atoms with Gasteiger partial charge in [0.2, 0.25) is 0 Å². The molecule has 1 spiro atoms. The van der Waals surface area contributed by atoms with Gasteiger partial charge in [0.1, 0.15) is 5.82 Å². The van der Waals surface area contributed by atoms with Crippen LogP contribution < -0.4 is 5.32 Å². The van der Waals surface area contributed by atoms with Gasteiger partial charge in [-0.05, 0) is 55.9 Å². The Kier molecular flexibility index (Phi) is 4.53. The van der Waals surface area contributed by atoms with Crippen LogP contribution in [0.25, 0.3) is 0 Å². The molecule has 0 aromatic heterocycles. The van der Waals surface area contributed by atoms with Crippen LogP contribution in [0.4, 0.5) is 4.39 Å². The number of hydrogen-bond acceptors (Lipinski definition) is 2. The summed E-state index contributed by atoms with van der Waals surface area (Å²) in [6.07, 6.45) is 3.52. The average molecular weight is 352 g/mol. The molecule has 1 N–H and O–H groups in total. The summed E-state index contributed by atoms with van der Waals surface area (Å²) in [5.41, 5.74) is 2.54. The standard InChI is InChI=1S/C22H25FN2O/c1-16(14-18-7-3-5-9-20(18)23)25-13-12-22(15-25)11-10-17-6-2-4-8-19(17)21(26)24-22/h2-9,16H,10-15H2,1H3,(H,24,26). The molecule has 4 heteroatoms. The van der Waals surface area contributed by atoms with Crippen LogP contribution in [-0.2, 0) is 12.8 Å². The van der Waals surface area contributed by atoms with Crippen molar-refractivity contribution >= 4 is 5.91 Å². The van der Waals surface area contributed by atoms with Crippen LogP contribution in [0.3, 0.4) is 0 Å². The molecule has 0 saturated carbocycles. The summed E-state index contributed by atoms with van der Waals surface area (Å²) in [4.78, 5) is 15.1. The molecule has 136 valence electrons. The Bertz CT molecular complexity index is 821. The SMILES string of the molecule is CC(Cc1ccccc1F)N1CCC2(CCc3ccccc3C(=O)N2)C1. The van der Waals surface area contributed by atoms with Crippen LogP contribution in [0.15, 0.2) is 48.5 Å². The first kappa shape index (κ1) is 17.2. The van der Waals surface area contributed by atoms with Gasteiger partial charge in [-0.15, -0.1) is 0 Å². The molecule has 4 rings (SSSR count). The first-order valence-corrected chi connectivity index (χ1v) is 9.44. The third kappa shape index (κ3) is 3.26. The van der Waals surface area contributed by atoms with E-state index in [-0.39, 0.29) is 23.3 Å². The lowest BCUT2D eigenvalue weighted by Crippen LogP contribution is -2.50. The number of benzene rings is 2. The first-order valence-electron chi connectivity index (χ1n) is 9.44.